The molecule has 0 N–H and O–H groups in total. The van der Waals surface area contributed by atoms with Gasteiger partial charge in [0.15, 0.2) is 0 Å². The Morgan fingerprint density at radius 1 is 1.33 bits per heavy atom. The molecule has 1 rings (SSSR count). The number of hydrogen-bond donors (Lipinski definition) is 0. The van der Waals surface area contributed by atoms with Gasteiger partial charge in [0.05, 0.1) is 0 Å². The Morgan fingerprint density at radius 3 is 2.58 bits per heavy atom. The van der Waals surface area contributed by atoms with Crippen molar-refractivity contribution in [2.75, 3.05) is 0 Å². The van der Waals surface area contributed by atoms with Gasteiger partial charge in [0, 0.05) is 6.42 Å². The van der Waals surface area contributed by atoms with Gasteiger partial charge in [0.2, 0.25) is 0 Å². The van der Waals surface area contributed by atoms with E-state index < -0.39 is 12.6 Å². The highest BCUT2D eigenvalue weighted by Gasteiger charge is 2.25. The molecular formula is C9H11F3. The summed E-state index contributed by atoms with van der Waals surface area (Å²) in [5.41, 5.74) is 1.04. The summed E-state index contributed by atoms with van der Waals surface area (Å²) in [4.78, 5) is 0. The van der Waals surface area contributed by atoms with E-state index in [1.165, 1.54) is 0 Å². The first-order valence-electron chi connectivity index (χ1n) is 4.00. The molecule has 0 nitrogen and oxygen atoms in total. The molecule has 0 aromatic rings. The van der Waals surface area contributed by atoms with E-state index in [0.29, 0.717) is 6.42 Å². The van der Waals surface area contributed by atoms with Crippen LogP contribution in [0.4, 0.5) is 13.2 Å². The van der Waals surface area contributed by atoms with Gasteiger partial charge in [0.25, 0.3) is 0 Å². The van der Waals surface area contributed by atoms with Gasteiger partial charge >= 0.3 is 6.18 Å². The fraction of sp³-hybridized carbons (Fsp3) is 0.556. The summed E-state index contributed by atoms with van der Waals surface area (Å²) < 4.78 is 35.1. The van der Waals surface area contributed by atoms with Crippen LogP contribution in [0.25, 0.3) is 0 Å². The van der Waals surface area contributed by atoms with Gasteiger partial charge in [-0.1, -0.05) is 23.8 Å². The summed E-state index contributed by atoms with van der Waals surface area (Å²) >= 11 is 0. The summed E-state index contributed by atoms with van der Waals surface area (Å²) in [5.74, 6) is 0. The van der Waals surface area contributed by atoms with E-state index in [1.54, 1.807) is 0 Å². The molecule has 0 saturated carbocycles. The van der Waals surface area contributed by atoms with Gasteiger partial charge < -0.3 is 0 Å². The average molecular weight is 176 g/mol. The number of halogens is 3. The molecule has 1 aliphatic carbocycles. The Labute approximate surface area is 69.8 Å². The van der Waals surface area contributed by atoms with Gasteiger partial charge in [-0.2, -0.15) is 13.2 Å². The topological polar surface area (TPSA) is 0 Å². The Hall–Kier alpha value is -0.730. The zero-order valence-electron chi connectivity index (χ0n) is 6.69. The number of hydrogen-bond acceptors (Lipinski definition) is 0. The molecule has 0 aromatic heterocycles. The molecule has 0 atom stereocenters. The standard InChI is InChI=1S/C9H11F3/c10-9(11,12)7-3-6-8-4-1-2-5-8/h1,4-5H,2-3,6-7H2. The molecule has 0 unspecified atom stereocenters. The zero-order chi connectivity index (χ0) is 9.03. The molecule has 0 saturated heterocycles. The van der Waals surface area contributed by atoms with Crippen molar-refractivity contribution in [3.05, 3.63) is 23.8 Å². The van der Waals surface area contributed by atoms with Crippen molar-refractivity contribution < 1.29 is 13.2 Å². The maximum Gasteiger partial charge on any atom is 0.389 e. The van der Waals surface area contributed by atoms with Crippen molar-refractivity contribution in [1.29, 1.82) is 0 Å². The number of rotatable bonds is 3. The first kappa shape index (κ1) is 9.36. The smallest absolute Gasteiger partial charge is 0.171 e. The normalized spacial score (nSPS) is 16.8. The molecule has 0 amide bonds. The summed E-state index contributed by atoms with van der Waals surface area (Å²) in [6, 6.07) is 0. The molecule has 12 heavy (non-hydrogen) atoms. The fourth-order valence-corrected chi connectivity index (χ4v) is 1.19. The second-order valence-corrected chi connectivity index (χ2v) is 2.89. The van der Waals surface area contributed by atoms with Crippen LogP contribution in [0.15, 0.2) is 23.8 Å². The van der Waals surface area contributed by atoms with Crippen molar-refractivity contribution in [3.63, 3.8) is 0 Å². The number of alkyl halides is 3. The summed E-state index contributed by atoms with van der Waals surface area (Å²) in [6.07, 6.45) is 2.80. The first-order chi connectivity index (χ1) is 5.58. The van der Waals surface area contributed by atoms with E-state index in [1.807, 2.05) is 18.2 Å². The van der Waals surface area contributed by atoms with Crippen LogP contribution in [0.5, 0.6) is 0 Å². The van der Waals surface area contributed by atoms with Gasteiger partial charge in [-0.3, -0.25) is 0 Å². The third kappa shape index (κ3) is 3.60. The molecule has 0 aromatic carbocycles. The van der Waals surface area contributed by atoms with Crippen LogP contribution in [0, 0.1) is 0 Å². The van der Waals surface area contributed by atoms with Crippen molar-refractivity contribution in [2.45, 2.75) is 31.9 Å². The Kier molecular flexibility index (Phi) is 2.95. The van der Waals surface area contributed by atoms with Crippen LogP contribution in [-0.4, -0.2) is 6.18 Å². The highest BCUT2D eigenvalue weighted by Crippen LogP contribution is 2.24. The van der Waals surface area contributed by atoms with E-state index in [-0.39, 0.29) is 6.42 Å². The maximum absolute atomic E-state index is 11.7. The molecule has 0 bridgehead atoms. The second-order valence-electron chi connectivity index (χ2n) is 2.89. The van der Waals surface area contributed by atoms with Crippen molar-refractivity contribution in [2.24, 2.45) is 0 Å². The van der Waals surface area contributed by atoms with Crippen molar-refractivity contribution in [1.82, 2.24) is 0 Å². The van der Waals surface area contributed by atoms with E-state index in [0.717, 1.165) is 12.0 Å². The van der Waals surface area contributed by atoms with E-state index in [2.05, 4.69) is 0 Å². The summed E-state index contributed by atoms with van der Waals surface area (Å²) in [7, 11) is 0. The maximum atomic E-state index is 11.7. The lowest BCUT2D eigenvalue weighted by Gasteiger charge is -2.04. The predicted molar refractivity (Wildman–Crippen MR) is 41.7 cm³/mol. The van der Waals surface area contributed by atoms with Crippen molar-refractivity contribution in [3.8, 4) is 0 Å². The molecular weight excluding hydrogens is 165 g/mol. The van der Waals surface area contributed by atoms with Crippen LogP contribution in [0.1, 0.15) is 25.7 Å². The molecule has 0 heterocycles. The SMILES string of the molecule is FC(F)(F)CCCC1=CCC=C1. The second kappa shape index (κ2) is 3.78. The van der Waals surface area contributed by atoms with Gasteiger partial charge in [-0.15, -0.1) is 0 Å². The molecule has 3 heteroatoms. The van der Waals surface area contributed by atoms with Crippen LogP contribution in [0.2, 0.25) is 0 Å². The highest BCUT2D eigenvalue weighted by atomic mass is 19.4. The average Bonchev–Trinajstić information content (AvgIpc) is 2.36. The molecule has 0 aliphatic heterocycles. The van der Waals surface area contributed by atoms with E-state index >= 15 is 0 Å². The summed E-state index contributed by atoms with van der Waals surface area (Å²) in [5, 5.41) is 0. The first-order valence-corrected chi connectivity index (χ1v) is 4.00. The van der Waals surface area contributed by atoms with Gasteiger partial charge in [-0.05, 0) is 19.3 Å². The molecule has 0 spiro atoms. The lowest BCUT2D eigenvalue weighted by Crippen LogP contribution is -2.06. The Balaban J connectivity index is 2.14. The minimum absolute atomic E-state index is 0.208. The Bertz CT molecular complexity index is 198. The largest absolute Gasteiger partial charge is 0.389 e. The molecule has 0 radical (unpaired) electrons. The monoisotopic (exact) mass is 176 g/mol. The zero-order valence-corrected chi connectivity index (χ0v) is 6.69. The van der Waals surface area contributed by atoms with E-state index in [9.17, 15) is 13.2 Å². The Morgan fingerprint density at radius 2 is 2.08 bits per heavy atom. The molecule has 0 fully saturated rings. The lowest BCUT2D eigenvalue weighted by atomic mass is 10.1. The van der Waals surface area contributed by atoms with Crippen LogP contribution in [-0.2, 0) is 0 Å². The third-order valence-corrected chi connectivity index (χ3v) is 1.77. The third-order valence-electron chi connectivity index (χ3n) is 1.77. The van der Waals surface area contributed by atoms with Gasteiger partial charge in [-0.25, -0.2) is 0 Å². The summed E-state index contributed by atoms with van der Waals surface area (Å²) in [6.45, 7) is 0. The van der Waals surface area contributed by atoms with Crippen LogP contribution >= 0.6 is 0 Å². The molecule has 1 aliphatic rings. The minimum atomic E-state index is -4.00. The quantitative estimate of drug-likeness (QED) is 0.616. The number of allylic oxidation sites excluding steroid dienone is 4. The predicted octanol–water partition coefficient (Wildman–Crippen LogP) is 3.61. The minimum Gasteiger partial charge on any atom is -0.171 e. The fourth-order valence-electron chi connectivity index (χ4n) is 1.19. The van der Waals surface area contributed by atoms with Crippen molar-refractivity contribution >= 4 is 0 Å². The van der Waals surface area contributed by atoms with E-state index in [4.69, 9.17) is 0 Å². The highest BCUT2D eigenvalue weighted by molar-refractivity contribution is 5.25. The molecule has 68 valence electrons. The van der Waals surface area contributed by atoms with Crippen LogP contribution < -0.4 is 0 Å². The van der Waals surface area contributed by atoms with Gasteiger partial charge in [0.1, 0.15) is 0 Å². The lowest BCUT2D eigenvalue weighted by molar-refractivity contribution is -0.135. The van der Waals surface area contributed by atoms with Crippen LogP contribution in [0.3, 0.4) is 0 Å².